The Hall–Kier alpha value is -5.74. The van der Waals surface area contributed by atoms with Crippen LogP contribution in [0.1, 0.15) is 74.9 Å². The molecule has 4 heteroatoms. The zero-order chi connectivity index (χ0) is 38.1. The van der Waals surface area contributed by atoms with Crippen molar-refractivity contribution >= 4 is 45.5 Å². The Morgan fingerprint density at radius 2 is 0.556 bits per heavy atom. The third kappa shape index (κ3) is 6.14. The topological polar surface area (TPSA) is 13.0 Å². The smallest absolute Gasteiger partial charge is 0.166 e. The highest BCUT2D eigenvalue weighted by Crippen LogP contribution is 2.57. The third-order valence-electron chi connectivity index (χ3n) is 10.8. The molecule has 272 valence electrons. The van der Waals surface area contributed by atoms with Crippen LogP contribution in [0.2, 0.25) is 0 Å². The van der Waals surface area contributed by atoms with Gasteiger partial charge < -0.3 is 0 Å². The van der Waals surface area contributed by atoms with E-state index in [0.29, 0.717) is 0 Å². The Morgan fingerprint density at radius 3 is 0.852 bits per heavy atom. The van der Waals surface area contributed by atoms with Crippen molar-refractivity contribution in [2.24, 2.45) is 0 Å². The van der Waals surface area contributed by atoms with Crippen LogP contribution in [0.4, 0.5) is 45.5 Å². The summed E-state index contributed by atoms with van der Waals surface area (Å²) in [6, 6.07) is 50.1. The zero-order valence-corrected chi connectivity index (χ0v) is 33.5. The maximum atomic E-state index is 2.49. The average molecular weight is 709 g/mol. The molecule has 0 amide bonds. The average Bonchev–Trinajstić information content (AvgIpc) is 3.63. The van der Waals surface area contributed by atoms with Crippen molar-refractivity contribution in [2.45, 2.75) is 80.1 Å². The maximum absolute atomic E-state index is 2.49. The summed E-state index contributed by atoms with van der Waals surface area (Å²) in [5.74, 6) is 2.13. The lowest BCUT2D eigenvalue weighted by Crippen LogP contribution is -2.33. The van der Waals surface area contributed by atoms with Crippen molar-refractivity contribution in [2.75, 3.05) is 19.6 Å². The van der Waals surface area contributed by atoms with E-state index in [2.05, 4.69) is 222 Å². The van der Waals surface area contributed by atoms with Gasteiger partial charge in [-0.15, -0.1) is 0 Å². The SMILES string of the molecule is Cc1ccc(N2/C(=C3\N(c4ccc(C(C)(C)C)cc4)c4ccc(C)cc4N3c3ccc(C)cc3)N(c3ccc(C(C)(C)C)cc3)c3cc(C)ccc32)cc1. The van der Waals surface area contributed by atoms with Crippen molar-refractivity contribution in [1.29, 1.82) is 0 Å². The fourth-order valence-electron chi connectivity index (χ4n) is 7.71. The monoisotopic (exact) mass is 708 g/mol. The number of rotatable bonds is 4. The molecule has 8 rings (SSSR count). The second-order valence-electron chi connectivity index (χ2n) is 17.2. The molecule has 0 radical (unpaired) electrons. The van der Waals surface area contributed by atoms with Crippen LogP contribution in [-0.4, -0.2) is 0 Å². The van der Waals surface area contributed by atoms with E-state index < -0.39 is 0 Å². The molecule has 54 heavy (non-hydrogen) atoms. The molecule has 2 aliphatic rings. The van der Waals surface area contributed by atoms with Crippen molar-refractivity contribution in [3.8, 4) is 0 Å². The van der Waals surface area contributed by atoms with Crippen LogP contribution in [0.25, 0.3) is 0 Å². The molecule has 0 fully saturated rings. The summed E-state index contributed by atoms with van der Waals surface area (Å²) in [5, 5.41) is 0. The van der Waals surface area contributed by atoms with E-state index in [0.717, 1.165) is 57.1 Å². The lowest BCUT2D eigenvalue weighted by Gasteiger charge is -2.34. The molecule has 0 atom stereocenters. The molecule has 0 N–H and O–H groups in total. The van der Waals surface area contributed by atoms with Crippen molar-refractivity contribution in [3.05, 3.63) is 178 Å². The number of fused-ring (bicyclic) bond motifs is 2. The predicted octanol–water partition coefficient (Wildman–Crippen LogP) is 13.9. The Balaban J connectivity index is 1.51. The van der Waals surface area contributed by atoms with Gasteiger partial charge in [-0.05, 0) is 134 Å². The first-order chi connectivity index (χ1) is 25.7. The van der Waals surface area contributed by atoms with Gasteiger partial charge in [0, 0.05) is 22.7 Å². The third-order valence-corrected chi connectivity index (χ3v) is 10.8. The second kappa shape index (κ2) is 13.0. The number of nitrogens with zero attached hydrogens (tertiary/aromatic N) is 4. The van der Waals surface area contributed by atoms with Gasteiger partial charge in [0.05, 0.1) is 22.7 Å². The van der Waals surface area contributed by atoms with Gasteiger partial charge in [0.15, 0.2) is 11.6 Å². The van der Waals surface area contributed by atoms with Crippen LogP contribution < -0.4 is 19.6 Å². The van der Waals surface area contributed by atoms with E-state index in [1.807, 2.05) is 0 Å². The lowest BCUT2D eigenvalue weighted by atomic mass is 9.87. The second-order valence-corrected chi connectivity index (χ2v) is 17.2. The molecule has 2 aliphatic heterocycles. The van der Waals surface area contributed by atoms with E-state index in [1.165, 1.54) is 33.4 Å². The van der Waals surface area contributed by atoms with Crippen LogP contribution in [-0.2, 0) is 10.8 Å². The summed E-state index contributed by atoms with van der Waals surface area (Å²) >= 11 is 0. The van der Waals surface area contributed by atoms with E-state index >= 15 is 0 Å². The fraction of sp³-hybridized carbons (Fsp3) is 0.240. The van der Waals surface area contributed by atoms with E-state index in [-0.39, 0.29) is 10.8 Å². The van der Waals surface area contributed by atoms with Crippen molar-refractivity contribution in [3.63, 3.8) is 0 Å². The minimum atomic E-state index is 0.0382. The molecule has 0 unspecified atom stereocenters. The molecule has 0 saturated carbocycles. The van der Waals surface area contributed by atoms with E-state index in [1.54, 1.807) is 0 Å². The summed E-state index contributed by atoms with van der Waals surface area (Å²) in [6.07, 6.45) is 0. The number of hydrogen-bond donors (Lipinski definition) is 0. The van der Waals surface area contributed by atoms with Gasteiger partial charge in [0.1, 0.15) is 0 Å². The molecular weight excluding hydrogens is 657 g/mol. The van der Waals surface area contributed by atoms with Gasteiger partial charge in [0.2, 0.25) is 0 Å². The van der Waals surface area contributed by atoms with Crippen LogP contribution in [0.15, 0.2) is 145 Å². The van der Waals surface area contributed by atoms with Crippen LogP contribution in [0.5, 0.6) is 0 Å². The largest absolute Gasteiger partial charge is 0.291 e. The highest BCUT2D eigenvalue weighted by atomic mass is 15.5. The molecular formula is C50H52N4. The van der Waals surface area contributed by atoms with E-state index in [9.17, 15) is 0 Å². The van der Waals surface area contributed by atoms with Gasteiger partial charge in [-0.1, -0.05) is 113 Å². The summed E-state index contributed by atoms with van der Waals surface area (Å²) in [4.78, 5) is 9.91. The number of hydrogen-bond acceptors (Lipinski definition) is 4. The molecule has 6 aromatic carbocycles. The minimum Gasteiger partial charge on any atom is -0.291 e. The molecule has 0 saturated heterocycles. The molecule has 2 heterocycles. The first-order valence-corrected chi connectivity index (χ1v) is 19.2. The van der Waals surface area contributed by atoms with Gasteiger partial charge in [0.25, 0.3) is 0 Å². The van der Waals surface area contributed by atoms with Crippen LogP contribution in [0.3, 0.4) is 0 Å². The fourth-order valence-corrected chi connectivity index (χ4v) is 7.71. The number of benzene rings is 6. The predicted molar refractivity (Wildman–Crippen MR) is 231 cm³/mol. The highest BCUT2D eigenvalue weighted by molar-refractivity contribution is 6.00. The lowest BCUT2D eigenvalue weighted by molar-refractivity contribution is 0.590. The van der Waals surface area contributed by atoms with Gasteiger partial charge in [-0.25, -0.2) is 0 Å². The molecule has 0 aliphatic carbocycles. The van der Waals surface area contributed by atoms with Crippen LogP contribution in [0, 0.1) is 27.7 Å². The van der Waals surface area contributed by atoms with Crippen molar-refractivity contribution < 1.29 is 0 Å². The molecule has 0 spiro atoms. The Kier molecular flexibility index (Phi) is 8.49. The Morgan fingerprint density at radius 1 is 0.296 bits per heavy atom. The van der Waals surface area contributed by atoms with Gasteiger partial charge >= 0.3 is 0 Å². The van der Waals surface area contributed by atoms with E-state index in [4.69, 9.17) is 0 Å². The molecule has 6 aromatic rings. The Labute approximate surface area is 322 Å². The number of aryl methyl sites for hydroxylation is 4. The first kappa shape index (κ1) is 35.3. The minimum absolute atomic E-state index is 0.0382. The summed E-state index contributed by atoms with van der Waals surface area (Å²) in [6.45, 7) is 22.4. The normalized spacial score (nSPS) is 15.6. The number of anilines is 8. The summed E-state index contributed by atoms with van der Waals surface area (Å²) in [5.41, 5.74) is 16.7. The molecule has 4 nitrogen and oxygen atoms in total. The highest BCUT2D eigenvalue weighted by Gasteiger charge is 2.44. The zero-order valence-electron chi connectivity index (χ0n) is 33.5. The Bertz CT molecular complexity index is 2370. The summed E-state index contributed by atoms with van der Waals surface area (Å²) < 4.78 is 0. The van der Waals surface area contributed by atoms with Crippen molar-refractivity contribution in [1.82, 2.24) is 0 Å². The van der Waals surface area contributed by atoms with Crippen LogP contribution >= 0.6 is 0 Å². The maximum Gasteiger partial charge on any atom is 0.166 e. The standard InChI is InChI=1S/C50H52N4/c1-33-11-21-39(22-12-33)51-43-29-15-36(4)32-46(43)54(42-27-19-38(20-28-42)50(8,9)10)47(51)48-52(41-25-17-37(18-26-41)49(5,6)7)44-30-16-35(3)31-45(44)53(48)40-23-13-34(2)14-24-40/h11-32H,1-10H3/b48-47-. The quantitative estimate of drug-likeness (QED) is 0.181. The molecule has 0 bridgehead atoms. The first-order valence-electron chi connectivity index (χ1n) is 19.2. The summed E-state index contributed by atoms with van der Waals surface area (Å²) in [7, 11) is 0. The molecule has 0 aromatic heterocycles. The van der Waals surface area contributed by atoms with Gasteiger partial charge in [-0.2, -0.15) is 0 Å². The van der Waals surface area contributed by atoms with Gasteiger partial charge in [-0.3, -0.25) is 19.6 Å².